The lowest BCUT2D eigenvalue weighted by Gasteiger charge is -2.62. The van der Waals surface area contributed by atoms with E-state index in [4.69, 9.17) is 4.74 Å². The number of rotatable bonds is 4. The maximum absolute atomic E-state index is 11.2. The molecular weight excluding hydrogens is 404 g/mol. The molecule has 5 rings (SSSR count). The van der Waals surface area contributed by atoms with Crippen molar-refractivity contribution < 1.29 is 25.2 Å². The van der Waals surface area contributed by atoms with Gasteiger partial charge in [0.1, 0.15) is 0 Å². The van der Waals surface area contributed by atoms with Crippen LogP contribution in [0.1, 0.15) is 79.1 Å². The number of ether oxygens (including phenoxy) is 1. The topological polar surface area (TPSA) is 90.2 Å². The third-order valence-corrected chi connectivity index (χ3v) is 11.5. The van der Waals surface area contributed by atoms with E-state index in [1.807, 2.05) is 0 Å². The van der Waals surface area contributed by atoms with Gasteiger partial charge in [-0.1, -0.05) is 27.7 Å². The van der Waals surface area contributed by atoms with Gasteiger partial charge in [0.25, 0.3) is 0 Å². The summed E-state index contributed by atoms with van der Waals surface area (Å²) >= 11 is 0. The molecule has 32 heavy (non-hydrogen) atoms. The zero-order valence-electron chi connectivity index (χ0n) is 20.5. The molecule has 1 saturated heterocycles. The summed E-state index contributed by atoms with van der Waals surface area (Å²) in [6.45, 7) is 9.57. The summed E-state index contributed by atoms with van der Waals surface area (Å²) in [5.41, 5.74) is 0.174. The molecule has 0 aromatic carbocycles. The Kier molecular flexibility index (Phi) is 6.02. The molecule has 0 aromatic heterocycles. The molecule has 1 aliphatic heterocycles. The summed E-state index contributed by atoms with van der Waals surface area (Å²) < 4.78 is 6.70. The van der Waals surface area contributed by atoms with Crippen LogP contribution in [0.5, 0.6) is 0 Å². The molecule has 4 N–H and O–H groups in total. The zero-order chi connectivity index (χ0) is 23.0. The third-order valence-electron chi connectivity index (χ3n) is 11.5. The molecule has 5 heteroatoms. The summed E-state index contributed by atoms with van der Waals surface area (Å²) in [7, 11) is 0. The fourth-order valence-corrected chi connectivity index (χ4v) is 9.88. The highest BCUT2D eigenvalue weighted by Gasteiger charge is 2.67. The van der Waals surface area contributed by atoms with Gasteiger partial charge in [-0.05, 0) is 104 Å². The molecular formula is C27H46O5. The van der Waals surface area contributed by atoms with Crippen LogP contribution in [0.3, 0.4) is 0 Å². The van der Waals surface area contributed by atoms with Gasteiger partial charge in [0.2, 0.25) is 0 Å². The molecule has 0 spiro atoms. The lowest BCUT2D eigenvalue weighted by molar-refractivity contribution is -0.195. The SMILES string of the molecule is C[C@@H](CO)CC[C@H]1OC2C[C@H]3[C@@H]4C[C@@H](O)C5C[C@H](O)[C@H](O)C[C@]5(C)[C@H]4CC[C@]3(C)C2[C@@H]1C. The summed E-state index contributed by atoms with van der Waals surface area (Å²) in [6.07, 6.45) is 6.45. The fourth-order valence-electron chi connectivity index (χ4n) is 9.88. The molecule has 14 atom stereocenters. The molecule has 0 aromatic rings. The molecule has 0 amide bonds. The number of aliphatic hydroxyl groups is 4. The van der Waals surface area contributed by atoms with Crippen molar-refractivity contribution in [3.63, 3.8) is 0 Å². The maximum atomic E-state index is 11.2. The number of aliphatic hydroxyl groups excluding tert-OH is 4. The van der Waals surface area contributed by atoms with Gasteiger partial charge in [-0.25, -0.2) is 0 Å². The van der Waals surface area contributed by atoms with Crippen molar-refractivity contribution >= 4 is 0 Å². The molecule has 4 saturated carbocycles. The smallest absolute Gasteiger partial charge is 0.0804 e. The Labute approximate surface area is 193 Å². The Bertz CT molecular complexity index is 700. The average molecular weight is 451 g/mol. The Morgan fingerprint density at radius 2 is 1.69 bits per heavy atom. The predicted octanol–water partition coefficient (Wildman–Crippen LogP) is 3.37. The molecule has 4 aliphatic carbocycles. The van der Waals surface area contributed by atoms with Crippen LogP contribution in [-0.4, -0.2) is 57.6 Å². The van der Waals surface area contributed by atoms with Crippen LogP contribution < -0.4 is 0 Å². The van der Waals surface area contributed by atoms with Crippen molar-refractivity contribution in [3.8, 4) is 0 Å². The second-order valence-corrected chi connectivity index (χ2v) is 13.1. The van der Waals surface area contributed by atoms with E-state index in [0.717, 1.165) is 25.7 Å². The van der Waals surface area contributed by atoms with Crippen LogP contribution in [0.25, 0.3) is 0 Å². The van der Waals surface area contributed by atoms with Crippen molar-refractivity contribution in [1.82, 2.24) is 0 Å². The minimum atomic E-state index is -0.696. The van der Waals surface area contributed by atoms with Gasteiger partial charge < -0.3 is 25.2 Å². The van der Waals surface area contributed by atoms with E-state index in [1.165, 1.54) is 12.8 Å². The highest BCUT2D eigenvalue weighted by Crippen LogP contribution is 2.70. The third kappa shape index (κ3) is 3.36. The molecule has 0 bridgehead atoms. The highest BCUT2D eigenvalue weighted by molar-refractivity contribution is 5.15. The Hall–Kier alpha value is -0.200. The monoisotopic (exact) mass is 450 g/mol. The molecule has 5 nitrogen and oxygen atoms in total. The molecule has 184 valence electrons. The first kappa shape index (κ1) is 23.5. The largest absolute Gasteiger partial charge is 0.396 e. The summed E-state index contributed by atoms with van der Waals surface area (Å²) in [5.74, 6) is 3.15. The van der Waals surface area contributed by atoms with Gasteiger partial charge in [-0.2, -0.15) is 0 Å². The van der Waals surface area contributed by atoms with Crippen molar-refractivity contribution in [2.24, 2.45) is 52.3 Å². The van der Waals surface area contributed by atoms with E-state index in [1.54, 1.807) is 0 Å². The second-order valence-electron chi connectivity index (χ2n) is 13.1. The standard InChI is InChI=1S/C27H46O5/c1-14(13-28)5-6-23-15(2)25-24(32-23)11-18-16-9-20(29)19-10-21(30)22(31)12-27(19,4)17(16)7-8-26(18,25)3/h14-25,28-31H,5-13H2,1-4H3/t14-,15-,16-,17+,18+,19?,20-,21+,22-,23-,24?,25?,26+,27-/m1/s1. The first-order valence-electron chi connectivity index (χ1n) is 13.4. The van der Waals surface area contributed by atoms with E-state index in [-0.39, 0.29) is 29.5 Å². The van der Waals surface area contributed by atoms with Crippen LogP contribution in [0.4, 0.5) is 0 Å². The van der Waals surface area contributed by atoms with Gasteiger partial charge in [0, 0.05) is 6.61 Å². The van der Waals surface area contributed by atoms with E-state index >= 15 is 0 Å². The molecule has 0 radical (unpaired) electrons. The van der Waals surface area contributed by atoms with Crippen LogP contribution in [-0.2, 0) is 4.74 Å². The zero-order valence-corrected chi connectivity index (χ0v) is 20.5. The second kappa shape index (κ2) is 8.19. The van der Waals surface area contributed by atoms with Crippen molar-refractivity contribution in [2.45, 2.75) is 110 Å². The van der Waals surface area contributed by atoms with E-state index in [2.05, 4.69) is 27.7 Å². The predicted molar refractivity (Wildman–Crippen MR) is 123 cm³/mol. The van der Waals surface area contributed by atoms with Crippen LogP contribution in [0.15, 0.2) is 0 Å². The Morgan fingerprint density at radius 1 is 0.938 bits per heavy atom. The lowest BCUT2D eigenvalue weighted by Crippen LogP contribution is -2.60. The van der Waals surface area contributed by atoms with Crippen LogP contribution in [0, 0.1) is 52.3 Å². The number of hydrogen-bond donors (Lipinski definition) is 4. The maximum Gasteiger partial charge on any atom is 0.0804 e. The van der Waals surface area contributed by atoms with Crippen molar-refractivity contribution in [2.75, 3.05) is 6.61 Å². The summed E-state index contributed by atoms with van der Waals surface area (Å²) in [4.78, 5) is 0. The quantitative estimate of drug-likeness (QED) is 0.527. The minimum absolute atomic E-state index is 0.0878. The van der Waals surface area contributed by atoms with Crippen LogP contribution >= 0.6 is 0 Å². The molecule has 5 aliphatic rings. The minimum Gasteiger partial charge on any atom is -0.396 e. The first-order chi connectivity index (χ1) is 15.1. The van der Waals surface area contributed by atoms with E-state index < -0.39 is 12.2 Å². The molecule has 5 fully saturated rings. The average Bonchev–Trinajstić information content (AvgIpc) is 3.22. The van der Waals surface area contributed by atoms with Gasteiger partial charge in [-0.15, -0.1) is 0 Å². The van der Waals surface area contributed by atoms with Gasteiger partial charge in [-0.3, -0.25) is 0 Å². The fraction of sp³-hybridized carbons (Fsp3) is 1.00. The Balaban J connectivity index is 1.36. The molecule has 1 heterocycles. The van der Waals surface area contributed by atoms with E-state index in [0.29, 0.717) is 60.6 Å². The summed E-state index contributed by atoms with van der Waals surface area (Å²) in [5, 5.41) is 41.5. The number of fused-ring (bicyclic) bond motifs is 7. The van der Waals surface area contributed by atoms with Crippen molar-refractivity contribution in [3.05, 3.63) is 0 Å². The van der Waals surface area contributed by atoms with Crippen LogP contribution in [0.2, 0.25) is 0 Å². The Morgan fingerprint density at radius 3 is 2.41 bits per heavy atom. The number of hydrogen-bond acceptors (Lipinski definition) is 5. The van der Waals surface area contributed by atoms with E-state index in [9.17, 15) is 20.4 Å². The molecule has 3 unspecified atom stereocenters. The highest BCUT2D eigenvalue weighted by atomic mass is 16.5. The van der Waals surface area contributed by atoms with Crippen molar-refractivity contribution in [1.29, 1.82) is 0 Å². The summed E-state index contributed by atoms with van der Waals surface area (Å²) in [6, 6.07) is 0. The first-order valence-corrected chi connectivity index (χ1v) is 13.4. The van der Waals surface area contributed by atoms with Gasteiger partial charge in [0.05, 0.1) is 30.5 Å². The van der Waals surface area contributed by atoms with Gasteiger partial charge in [0.15, 0.2) is 0 Å². The van der Waals surface area contributed by atoms with Gasteiger partial charge >= 0.3 is 0 Å². The lowest BCUT2D eigenvalue weighted by atomic mass is 9.43. The normalized spacial score (nSPS) is 57.9.